The molecule has 0 aliphatic carbocycles. The first-order valence-electron chi connectivity index (χ1n) is 7.29. The number of nitrogens with two attached hydrogens (primary N) is 1. The summed E-state index contributed by atoms with van der Waals surface area (Å²) in [4.78, 5) is 14.3. The highest BCUT2D eigenvalue weighted by Crippen LogP contribution is 2.22. The standard InChI is InChI=1S/C18H21ClN2O.ClH/c1-13(17(20)14-8-4-3-5-9-14)18(22)21(2)12-15-10-6-7-11-16(15)19;/h3-11,13,17H,12,20H2,1-2H3;1H. The highest BCUT2D eigenvalue weighted by molar-refractivity contribution is 6.31. The van der Waals surface area contributed by atoms with Crippen LogP contribution in [0.2, 0.25) is 5.02 Å². The molecule has 0 fully saturated rings. The van der Waals surface area contributed by atoms with E-state index in [1.807, 2.05) is 61.5 Å². The Morgan fingerprint density at radius 2 is 1.70 bits per heavy atom. The Labute approximate surface area is 148 Å². The van der Waals surface area contributed by atoms with Crippen LogP contribution in [0.3, 0.4) is 0 Å². The minimum atomic E-state index is -0.317. The number of nitrogens with zero attached hydrogens (tertiary/aromatic N) is 1. The van der Waals surface area contributed by atoms with E-state index in [0.29, 0.717) is 11.6 Å². The minimum Gasteiger partial charge on any atom is -0.341 e. The third-order valence-corrected chi connectivity index (χ3v) is 4.22. The van der Waals surface area contributed by atoms with Gasteiger partial charge in [-0.1, -0.05) is 67.1 Å². The van der Waals surface area contributed by atoms with Gasteiger partial charge in [0, 0.05) is 24.7 Å². The van der Waals surface area contributed by atoms with Crippen LogP contribution in [0.4, 0.5) is 0 Å². The van der Waals surface area contributed by atoms with Crippen LogP contribution in [-0.2, 0) is 11.3 Å². The SMILES string of the molecule is CC(C(=O)N(C)Cc1ccccc1Cl)C(N)c1ccccc1.Cl. The summed E-state index contributed by atoms with van der Waals surface area (Å²) in [6, 6.07) is 16.9. The van der Waals surface area contributed by atoms with Gasteiger partial charge < -0.3 is 10.6 Å². The molecule has 0 aromatic heterocycles. The molecule has 124 valence electrons. The Hall–Kier alpha value is -1.55. The van der Waals surface area contributed by atoms with Crippen LogP contribution in [0.15, 0.2) is 54.6 Å². The van der Waals surface area contributed by atoms with Gasteiger partial charge in [0.15, 0.2) is 0 Å². The van der Waals surface area contributed by atoms with Crippen LogP contribution in [0.1, 0.15) is 24.1 Å². The lowest BCUT2D eigenvalue weighted by Crippen LogP contribution is -2.36. The van der Waals surface area contributed by atoms with Crippen molar-refractivity contribution < 1.29 is 4.79 Å². The summed E-state index contributed by atoms with van der Waals surface area (Å²) in [5.74, 6) is -0.286. The number of halogens is 2. The second-order valence-corrected chi connectivity index (χ2v) is 5.92. The van der Waals surface area contributed by atoms with Gasteiger partial charge >= 0.3 is 0 Å². The molecular formula is C18H22Cl2N2O. The van der Waals surface area contributed by atoms with E-state index in [-0.39, 0.29) is 30.3 Å². The summed E-state index contributed by atoms with van der Waals surface area (Å²) in [5, 5.41) is 0.669. The molecule has 2 atom stereocenters. The van der Waals surface area contributed by atoms with Crippen LogP contribution in [0.5, 0.6) is 0 Å². The molecule has 0 radical (unpaired) electrons. The monoisotopic (exact) mass is 352 g/mol. The van der Waals surface area contributed by atoms with Crippen LogP contribution >= 0.6 is 24.0 Å². The summed E-state index contributed by atoms with van der Waals surface area (Å²) in [6.07, 6.45) is 0. The molecule has 2 aromatic carbocycles. The van der Waals surface area contributed by atoms with Crippen molar-refractivity contribution in [3.8, 4) is 0 Å². The summed E-state index contributed by atoms with van der Waals surface area (Å²) < 4.78 is 0. The van der Waals surface area contributed by atoms with Gasteiger partial charge in [0.1, 0.15) is 0 Å². The van der Waals surface area contributed by atoms with Gasteiger partial charge in [-0.3, -0.25) is 4.79 Å². The van der Waals surface area contributed by atoms with Gasteiger partial charge in [-0.2, -0.15) is 0 Å². The molecule has 0 aliphatic heterocycles. The summed E-state index contributed by atoms with van der Waals surface area (Å²) in [6.45, 7) is 2.34. The number of hydrogen-bond donors (Lipinski definition) is 1. The fourth-order valence-corrected chi connectivity index (χ4v) is 2.62. The van der Waals surface area contributed by atoms with Gasteiger partial charge in [-0.05, 0) is 17.2 Å². The van der Waals surface area contributed by atoms with E-state index >= 15 is 0 Å². The Balaban J connectivity index is 0.00000264. The lowest BCUT2D eigenvalue weighted by atomic mass is 9.94. The molecule has 0 heterocycles. The van der Waals surface area contributed by atoms with Crippen LogP contribution in [-0.4, -0.2) is 17.9 Å². The first-order chi connectivity index (χ1) is 10.5. The van der Waals surface area contributed by atoms with Gasteiger partial charge in [0.05, 0.1) is 5.92 Å². The molecule has 5 heteroatoms. The van der Waals surface area contributed by atoms with Crippen LogP contribution < -0.4 is 5.73 Å². The molecule has 23 heavy (non-hydrogen) atoms. The van der Waals surface area contributed by atoms with Crippen molar-refractivity contribution in [1.29, 1.82) is 0 Å². The smallest absolute Gasteiger partial charge is 0.227 e. The van der Waals surface area contributed by atoms with Crippen LogP contribution in [0.25, 0.3) is 0 Å². The van der Waals surface area contributed by atoms with E-state index in [9.17, 15) is 4.79 Å². The predicted octanol–water partition coefficient (Wildman–Crippen LogP) is 4.06. The zero-order chi connectivity index (χ0) is 16.1. The molecule has 2 N–H and O–H groups in total. The molecule has 0 saturated heterocycles. The maximum absolute atomic E-state index is 12.6. The molecular weight excluding hydrogens is 331 g/mol. The molecule has 1 amide bonds. The maximum atomic E-state index is 12.6. The van der Waals surface area contributed by atoms with E-state index in [0.717, 1.165) is 11.1 Å². The van der Waals surface area contributed by atoms with Crippen molar-refractivity contribution in [3.05, 3.63) is 70.7 Å². The second kappa shape index (κ2) is 8.92. The quantitative estimate of drug-likeness (QED) is 0.881. The Kier molecular flexibility index (Phi) is 7.56. The van der Waals surface area contributed by atoms with Gasteiger partial charge in [0.25, 0.3) is 0 Å². The lowest BCUT2D eigenvalue weighted by molar-refractivity contribution is -0.134. The second-order valence-electron chi connectivity index (χ2n) is 5.51. The normalized spacial score (nSPS) is 12.9. The van der Waals surface area contributed by atoms with Gasteiger partial charge in [-0.25, -0.2) is 0 Å². The average Bonchev–Trinajstić information content (AvgIpc) is 2.55. The Morgan fingerprint density at radius 1 is 1.13 bits per heavy atom. The van der Waals surface area contributed by atoms with E-state index in [1.165, 1.54) is 0 Å². The number of carbonyl (C=O) groups is 1. The molecule has 0 spiro atoms. The Morgan fingerprint density at radius 3 is 2.30 bits per heavy atom. The minimum absolute atomic E-state index is 0. The summed E-state index contributed by atoms with van der Waals surface area (Å²) in [7, 11) is 1.78. The number of benzene rings is 2. The van der Waals surface area contributed by atoms with Crippen molar-refractivity contribution in [2.75, 3.05) is 7.05 Å². The topological polar surface area (TPSA) is 46.3 Å². The highest BCUT2D eigenvalue weighted by atomic mass is 35.5. The molecule has 2 aromatic rings. The molecule has 0 aliphatic rings. The fraction of sp³-hybridized carbons (Fsp3) is 0.278. The van der Waals surface area contributed by atoms with Gasteiger partial charge in [-0.15, -0.1) is 12.4 Å². The lowest BCUT2D eigenvalue weighted by Gasteiger charge is -2.26. The number of amides is 1. The first-order valence-corrected chi connectivity index (χ1v) is 7.67. The molecule has 0 bridgehead atoms. The molecule has 0 saturated carbocycles. The summed E-state index contributed by atoms with van der Waals surface area (Å²) >= 11 is 6.15. The van der Waals surface area contributed by atoms with Crippen molar-refractivity contribution >= 4 is 29.9 Å². The van der Waals surface area contributed by atoms with Crippen LogP contribution in [0, 0.1) is 5.92 Å². The number of rotatable bonds is 5. The maximum Gasteiger partial charge on any atom is 0.227 e. The average molecular weight is 353 g/mol. The zero-order valence-electron chi connectivity index (χ0n) is 13.3. The highest BCUT2D eigenvalue weighted by Gasteiger charge is 2.25. The van der Waals surface area contributed by atoms with E-state index in [4.69, 9.17) is 17.3 Å². The van der Waals surface area contributed by atoms with E-state index < -0.39 is 0 Å². The Bertz CT molecular complexity index is 634. The summed E-state index contributed by atoms with van der Waals surface area (Å²) in [5.41, 5.74) is 8.13. The predicted molar refractivity (Wildman–Crippen MR) is 97.7 cm³/mol. The number of hydrogen-bond acceptors (Lipinski definition) is 2. The van der Waals surface area contributed by atoms with E-state index in [2.05, 4.69) is 0 Å². The van der Waals surface area contributed by atoms with Gasteiger partial charge in [0.2, 0.25) is 5.91 Å². The molecule has 2 unspecified atom stereocenters. The molecule has 2 rings (SSSR count). The number of carbonyl (C=O) groups excluding carboxylic acids is 1. The zero-order valence-corrected chi connectivity index (χ0v) is 14.8. The molecule has 3 nitrogen and oxygen atoms in total. The van der Waals surface area contributed by atoms with E-state index in [1.54, 1.807) is 11.9 Å². The van der Waals surface area contributed by atoms with Crippen molar-refractivity contribution in [2.24, 2.45) is 11.7 Å². The van der Waals surface area contributed by atoms with Crippen molar-refractivity contribution in [2.45, 2.75) is 19.5 Å². The third-order valence-electron chi connectivity index (χ3n) is 3.85. The largest absolute Gasteiger partial charge is 0.341 e. The van der Waals surface area contributed by atoms with Crippen molar-refractivity contribution in [3.63, 3.8) is 0 Å². The first kappa shape index (κ1) is 19.5. The third kappa shape index (κ3) is 4.96. The fourth-order valence-electron chi connectivity index (χ4n) is 2.43. The van der Waals surface area contributed by atoms with Crippen molar-refractivity contribution in [1.82, 2.24) is 4.90 Å².